The molecule has 150 valence electrons. The molecular weight excluding hydrogens is 376 g/mol. The smallest absolute Gasteiger partial charge is 0.257 e. The molecule has 1 unspecified atom stereocenters. The first-order chi connectivity index (χ1) is 13.4. The van der Waals surface area contributed by atoms with E-state index in [1.54, 1.807) is 48.4 Å². The molecule has 1 saturated heterocycles. The molecule has 1 N–H and O–H groups in total. The molecule has 0 radical (unpaired) electrons. The Balaban J connectivity index is 1.63. The zero-order chi connectivity index (χ0) is 20.1. The molecule has 2 aromatic carbocycles. The van der Waals surface area contributed by atoms with Gasteiger partial charge in [-0.2, -0.15) is 0 Å². The maximum absolute atomic E-state index is 12.9. The highest BCUT2D eigenvalue weighted by Gasteiger charge is 2.27. The third-order valence-electron chi connectivity index (χ3n) is 5.04. The van der Waals surface area contributed by atoms with E-state index in [1.165, 1.54) is 0 Å². The number of piperidine rings is 1. The number of carbonyl (C=O) groups is 1. The summed E-state index contributed by atoms with van der Waals surface area (Å²) < 4.78 is 33.0. The fourth-order valence-corrected chi connectivity index (χ4v) is 4.55. The molecule has 0 spiro atoms. The fraction of sp³-hybridized carbons (Fsp3) is 0.381. The highest BCUT2D eigenvalue weighted by atomic mass is 32.2. The molecule has 1 aliphatic rings. The van der Waals surface area contributed by atoms with Crippen LogP contribution in [-0.2, 0) is 10.0 Å². The molecular formula is C21H26N2O4S. The second-order valence-electron chi connectivity index (χ2n) is 7.12. The van der Waals surface area contributed by atoms with E-state index < -0.39 is 10.0 Å². The van der Waals surface area contributed by atoms with Crippen molar-refractivity contribution in [1.29, 1.82) is 0 Å². The Hall–Kier alpha value is -2.38. The monoisotopic (exact) mass is 402 g/mol. The number of benzene rings is 2. The summed E-state index contributed by atoms with van der Waals surface area (Å²) in [5.74, 6) is 0.547. The maximum Gasteiger partial charge on any atom is 0.257 e. The zero-order valence-corrected chi connectivity index (χ0v) is 17.0. The highest BCUT2D eigenvalue weighted by molar-refractivity contribution is 7.89. The van der Waals surface area contributed by atoms with E-state index in [4.69, 9.17) is 4.74 Å². The lowest BCUT2D eigenvalue weighted by molar-refractivity contribution is 0.0673. The Morgan fingerprint density at radius 1 is 1.18 bits per heavy atom. The van der Waals surface area contributed by atoms with Crippen molar-refractivity contribution in [3.05, 3.63) is 59.7 Å². The highest BCUT2D eigenvalue weighted by Crippen LogP contribution is 2.23. The number of carbonyl (C=O) groups excluding carboxylic acids is 1. The zero-order valence-electron chi connectivity index (χ0n) is 16.2. The quantitative estimate of drug-likeness (QED) is 0.806. The van der Waals surface area contributed by atoms with Crippen LogP contribution in [0.2, 0.25) is 0 Å². The second kappa shape index (κ2) is 8.75. The van der Waals surface area contributed by atoms with Gasteiger partial charge in [0.05, 0.1) is 17.6 Å². The number of sulfonamides is 1. The summed E-state index contributed by atoms with van der Waals surface area (Å²) in [6, 6.07) is 13.9. The molecule has 0 saturated carbocycles. The minimum absolute atomic E-state index is 0.0765. The number of nitrogens with zero attached hydrogens (tertiary/aromatic N) is 1. The topological polar surface area (TPSA) is 75.7 Å². The van der Waals surface area contributed by atoms with E-state index in [1.807, 2.05) is 19.1 Å². The van der Waals surface area contributed by atoms with Crippen LogP contribution in [0.15, 0.2) is 53.4 Å². The normalized spacial score (nSPS) is 17.4. The van der Waals surface area contributed by atoms with Gasteiger partial charge >= 0.3 is 0 Å². The van der Waals surface area contributed by atoms with E-state index in [2.05, 4.69) is 4.72 Å². The standard InChI is InChI=1S/C21H26N2O4S/c1-16-9-11-18(12-10-16)28(25,26)22-14-17-6-5-13-23(15-17)21(24)19-7-3-4-8-20(19)27-2/h3-4,7-12,17,22H,5-6,13-15H2,1-2H3. The summed E-state index contributed by atoms with van der Waals surface area (Å²) in [7, 11) is -2.00. The number of ether oxygens (including phenoxy) is 1. The number of likely N-dealkylation sites (tertiary alicyclic amines) is 1. The molecule has 28 heavy (non-hydrogen) atoms. The average molecular weight is 403 g/mol. The molecule has 1 fully saturated rings. The predicted molar refractivity (Wildman–Crippen MR) is 108 cm³/mol. The first-order valence-corrected chi connectivity index (χ1v) is 10.9. The van der Waals surface area contributed by atoms with Gasteiger partial charge in [-0.1, -0.05) is 29.8 Å². The number of amides is 1. The van der Waals surface area contributed by atoms with Crippen LogP contribution < -0.4 is 9.46 Å². The van der Waals surface area contributed by atoms with Gasteiger partial charge in [0.2, 0.25) is 10.0 Å². The Morgan fingerprint density at radius 3 is 2.61 bits per heavy atom. The van der Waals surface area contributed by atoms with E-state index in [9.17, 15) is 13.2 Å². The molecule has 1 aliphatic heterocycles. The summed E-state index contributed by atoms with van der Waals surface area (Å²) in [6.07, 6.45) is 1.73. The van der Waals surface area contributed by atoms with Gasteiger partial charge in [0.1, 0.15) is 5.75 Å². The number of nitrogens with one attached hydrogen (secondary N) is 1. The lowest BCUT2D eigenvalue weighted by Gasteiger charge is -2.33. The number of aryl methyl sites for hydroxylation is 1. The molecule has 3 rings (SSSR count). The van der Waals surface area contributed by atoms with Gasteiger partial charge in [-0.15, -0.1) is 0 Å². The predicted octanol–water partition coefficient (Wildman–Crippen LogP) is 2.83. The van der Waals surface area contributed by atoms with Crippen molar-refractivity contribution < 1.29 is 17.9 Å². The van der Waals surface area contributed by atoms with Crippen molar-refractivity contribution >= 4 is 15.9 Å². The van der Waals surface area contributed by atoms with Crippen molar-refractivity contribution in [2.45, 2.75) is 24.7 Å². The van der Waals surface area contributed by atoms with Crippen molar-refractivity contribution in [3.8, 4) is 5.75 Å². The maximum atomic E-state index is 12.9. The molecule has 6 nitrogen and oxygen atoms in total. The Labute approximate surface area is 166 Å². The van der Waals surface area contributed by atoms with Crippen molar-refractivity contribution in [2.24, 2.45) is 5.92 Å². The third kappa shape index (κ3) is 4.72. The molecule has 0 bridgehead atoms. The lowest BCUT2D eigenvalue weighted by atomic mass is 9.97. The van der Waals surface area contributed by atoms with Crippen molar-refractivity contribution in [2.75, 3.05) is 26.7 Å². The number of para-hydroxylation sites is 1. The van der Waals surface area contributed by atoms with Gasteiger partial charge in [0, 0.05) is 19.6 Å². The minimum atomic E-state index is -3.55. The van der Waals surface area contributed by atoms with Crippen LogP contribution in [0, 0.1) is 12.8 Å². The summed E-state index contributed by atoms with van der Waals surface area (Å²) in [5.41, 5.74) is 1.54. The first kappa shape index (κ1) is 20.4. The van der Waals surface area contributed by atoms with Crippen LogP contribution >= 0.6 is 0 Å². The van der Waals surface area contributed by atoms with Crippen LogP contribution in [-0.4, -0.2) is 46.0 Å². The molecule has 1 amide bonds. The molecule has 1 atom stereocenters. The molecule has 0 aliphatic carbocycles. The Morgan fingerprint density at radius 2 is 1.89 bits per heavy atom. The summed E-state index contributed by atoms with van der Waals surface area (Å²) in [6.45, 7) is 3.41. The molecule has 1 heterocycles. The first-order valence-electron chi connectivity index (χ1n) is 9.39. The SMILES string of the molecule is COc1ccccc1C(=O)N1CCCC(CNS(=O)(=O)c2ccc(C)cc2)C1. The van der Waals surface area contributed by atoms with Gasteiger partial charge in [0.25, 0.3) is 5.91 Å². The number of rotatable bonds is 6. The van der Waals surface area contributed by atoms with Crippen LogP contribution in [0.5, 0.6) is 5.75 Å². The Kier molecular flexibility index (Phi) is 6.36. The summed E-state index contributed by atoms with van der Waals surface area (Å²) in [4.78, 5) is 14.9. The van der Waals surface area contributed by atoms with Crippen LogP contribution in [0.3, 0.4) is 0 Å². The lowest BCUT2D eigenvalue weighted by Crippen LogP contribution is -2.43. The molecule has 7 heteroatoms. The largest absolute Gasteiger partial charge is 0.496 e. The number of hydrogen-bond donors (Lipinski definition) is 1. The number of methoxy groups -OCH3 is 1. The van der Waals surface area contributed by atoms with Gasteiger partial charge in [0.15, 0.2) is 0 Å². The van der Waals surface area contributed by atoms with Gasteiger partial charge in [-0.05, 0) is 49.9 Å². The van der Waals surface area contributed by atoms with E-state index in [-0.39, 0.29) is 16.7 Å². The Bertz CT molecular complexity index is 926. The van der Waals surface area contributed by atoms with Crippen LogP contribution in [0.25, 0.3) is 0 Å². The van der Waals surface area contributed by atoms with Crippen molar-refractivity contribution in [3.63, 3.8) is 0 Å². The average Bonchev–Trinajstić information content (AvgIpc) is 2.72. The molecule has 2 aromatic rings. The minimum Gasteiger partial charge on any atom is -0.496 e. The van der Waals surface area contributed by atoms with Crippen LogP contribution in [0.4, 0.5) is 0 Å². The molecule has 0 aromatic heterocycles. The van der Waals surface area contributed by atoms with E-state index in [0.29, 0.717) is 30.9 Å². The van der Waals surface area contributed by atoms with Gasteiger partial charge in [-0.25, -0.2) is 13.1 Å². The van der Waals surface area contributed by atoms with Crippen LogP contribution in [0.1, 0.15) is 28.8 Å². The summed E-state index contributed by atoms with van der Waals surface area (Å²) >= 11 is 0. The van der Waals surface area contributed by atoms with Crippen molar-refractivity contribution in [1.82, 2.24) is 9.62 Å². The van der Waals surface area contributed by atoms with E-state index in [0.717, 1.165) is 18.4 Å². The fourth-order valence-electron chi connectivity index (χ4n) is 3.44. The van der Waals surface area contributed by atoms with Gasteiger partial charge < -0.3 is 9.64 Å². The second-order valence-corrected chi connectivity index (χ2v) is 8.89. The number of hydrogen-bond acceptors (Lipinski definition) is 4. The van der Waals surface area contributed by atoms with E-state index >= 15 is 0 Å². The summed E-state index contributed by atoms with van der Waals surface area (Å²) in [5, 5.41) is 0. The van der Waals surface area contributed by atoms with Gasteiger partial charge in [-0.3, -0.25) is 4.79 Å². The third-order valence-corrected chi connectivity index (χ3v) is 6.48.